The summed E-state index contributed by atoms with van der Waals surface area (Å²) in [7, 11) is 1.73. The van der Waals surface area contributed by atoms with E-state index in [0.29, 0.717) is 41.0 Å². The van der Waals surface area contributed by atoms with Crippen molar-refractivity contribution in [1.82, 2.24) is 19.7 Å². The van der Waals surface area contributed by atoms with Gasteiger partial charge in [-0.15, -0.1) is 0 Å². The van der Waals surface area contributed by atoms with Gasteiger partial charge in [0.15, 0.2) is 5.82 Å². The summed E-state index contributed by atoms with van der Waals surface area (Å²) in [5, 5.41) is 13.0. The SMILES string of the molecule is CNc1cc(-n2nc(C)cc2Nc2cc(C(=O)Nc3ccc(F)c(C(F)(F)F)c3)ccc2C)ncn1. The third-order valence-electron chi connectivity index (χ3n) is 5.25. The Kier molecular flexibility index (Phi) is 6.60. The highest BCUT2D eigenvalue weighted by atomic mass is 19.4. The predicted molar refractivity (Wildman–Crippen MR) is 127 cm³/mol. The van der Waals surface area contributed by atoms with Crippen LogP contribution in [0.25, 0.3) is 5.82 Å². The van der Waals surface area contributed by atoms with Crippen LogP contribution in [-0.4, -0.2) is 32.7 Å². The first kappa shape index (κ1) is 24.6. The molecule has 0 saturated carbocycles. The van der Waals surface area contributed by atoms with Crippen LogP contribution in [0, 0.1) is 19.7 Å². The van der Waals surface area contributed by atoms with Gasteiger partial charge in [0.25, 0.3) is 5.91 Å². The molecule has 4 aromatic rings. The number of nitrogens with one attached hydrogen (secondary N) is 3. The molecule has 0 saturated heterocycles. The van der Waals surface area contributed by atoms with E-state index in [2.05, 4.69) is 31.0 Å². The normalized spacial score (nSPS) is 11.3. The number of anilines is 4. The van der Waals surface area contributed by atoms with Gasteiger partial charge in [-0.2, -0.15) is 23.0 Å². The standard InChI is InChI=1S/C24H21F4N7O/c1-13-4-5-15(23(36)32-16-6-7-18(25)17(10-16)24(26,27)28)9-19(13)33-22-8-14(2)34-35(22)21-11-20(29-3)30-12-31-21/h4-12,33H,1-3H3,(H,32,36)(H,29,30,31). The number of nitrogens with zero attached hydrogens (tertiary/aromatic N) is 4. The number of halogens is 4. The van der Waals surface area contributed by atoms with Gasteiger partial charge >= 0.3 is 6.18 Å². The van der Waals surface area contributed by atoms with Gasteiger partial charge in [-0.3, -0.25) is 4.79 Å². The lowest BCUT2D eigenvalue weighted by Crippen LogP contribution is -2.14. The van der Waals surface area contributed by atoms with E-state index in [4.69, 9.17) is 0 Å². The zero-order valence-corrected chi connectivity index (χ0v) is 19.4. The van der Waals surface area contributed by atoms with Crippen LogP contribution in [-0.2, 0) is 6.18 Å². The van der Waals surface area contributed by atoms with Crippen molar-refractivity contribution in [3.63, 3.8) is 0 Å². The number of carbonyl (C=O) groups excluding carboxylic acids is 1. The molecule has 0 fully saturated rings. The Morgan fingerprint density at radius 3 is 2.50 bits per heavy atom. The number of benzene rings is 2. The maximum Gasteiger partial charge on any atom is 0.419 e. The molecule has 0 bridgehead atoms. The van der Waals surface area contributed by atoms with E-state index in [1.54, 1.807) is 36.0 Å². The maximum absolute atomic E-state index is 13.6. The molecular formula is C24H21F4N7O. The molecule has 0 aliphatic heterocycles. The molecule has 4 rings (SSSR count). The molecule has 12 heteroatoms. The van der Waals surface area contributed by atoms with E-state index in [1.807, 2.05) is 13.8 Å². The van der Waals surface area contributed by atoms with E-state index in [-0.39, 0.29) is 11.3 Å². The second kappa shape index (κ2) is 9.64. The van der Waals surface area contributed by atoms with E-state index in [0.717, 1.165) is 11.6 Å². The molecule has 2 aromatic carbocycles. The van der Waals surface area contributed by atoms with Gasteiger partial charge in [0.1, 0.15) is 23.8 Å². The lowest BCUT2D eigenvalue weighted by molar-refractivity contribution is -0.139. The van der Waals surface area contributed by atoms with Gasteiger partial charge in [0.05, 0.1) is 11.3 Å². The summed E-state index contributed by atoms with van der Waals surface area (Å²) in [6.07, 6.45) is -3.48. The maximum atomic E-state index is 13.6. The summed E-state index contributed by atoms with van der Waals surface area (Å²) in [4.78, 5) is 21.1. The average molecular weight is 499 g/mol. The number of hydrogen-bond acceptors (Lipinski definition) is 6. The fourth-order valence-electron chi connectivity index (χ4n) is 3.42. The van der Waals surface area contributed by atoms with Crippen LogP contribution >= 0.6 is 0 Å². The number of carbonyl (C=O) groups is 1. The van der Waals surface area contributed by atoms with E-state index in [9.17, 15) is 22.4 Å². The number of aromatic nitrogens is 4. The highest BCUT2D eigenvalue weighted by Crippen LogP contribution is 2.33. The van der Waals surface area contributed by atoms with Gasteiger partial charge in [-0.05, 0) is 49.7 Å². The molecule has 0 unspecified atom stereocenters. The molecule has 0 atom stereocenters. The Morgan fingerprint density at radius 1 is 1.00 bits per heavy atom. The Balaban J connectivity index is 1.61. The Morgan fingerprint density at radius 2 is 1.78 bits per heavy atom. The zero-order chi connectivity index (χ0) is 26.0. The minimum atomic E-state index is -4.88. The molecule has 186 valence electrons. The van der Waals surface area contributed by atoms with E-state index in [1.165, 1.54) is 12.4 Å². The minimum absolute atomic E-state index is 0.179. The first-order valence-electron chi connectivity index (χ1n) is 10.7. The molecule has 1 amide bonds. The lowest BCUT2D eigenvalue weighted by atomic mass is 10.1. The van der Waals surface area contributed by atoms with Crippen molar-refractivity contribution in [2.45, 2.75) is 20.0 Å². The van der Waals surface area contributed by atoms with Crippen molar-refractivity contribution in [3.05, 3.63) is 83.1 Å². The van der Waals surface area contributed by atoms with Crippen LogP contribution in [0.4, 0.5) is 40.6 Å². The monoisotopic (exact) mass is 499 g/mol. The summed E-state index contributed by atoms with van der Waals surface area (Å²) in [6.45, 7) is 3.65. The largest absolute Gasteiger partial charge is 0.419 e. The number of alkyl halides is 3. The van der Waals surface area contributed by atoms with E-state index >= 15 is 0 Å². The van der Waals surface area contributed by atoms with Crippen molar-refractivity contribution in [1.29, 1.82) is 0 Å². The molecule has 2 heterocycles. The Hall–Kier alpha value is -4.48. The third-order valence-corrected chi connectivity index (χ3v) is 5.25. The quantitative estimate of drug-likeness (QED) is 0.304. The van der Waals surface area contributed by atoms with Crippen LogP contribution in [0.15, 0.2) is 54.9 Å². The van der Waals surface area contributed by atoms with Crippen molar-refractivity contribution in [2.24, 2.45) is 0 Å². The van der Waals surface area contributed by atoms with Crippen molar-refractivity contribution in [2.75, 3.05) is 23.0 Å². The number of hydrogen-bond donors (Lipinski definition) is 3. The molecule has 36 heavy (non-hydrogen) atoms. The van der Waals surface area contributed by atoms with Gasteiger partial charge < -0.3 is 16.0 Å². The fourth-order valence-corrected chi connectivity index (χ4v) is 3.42. The van der Waals surface area contributed by atoms with Crippen LogP contribution in [0.3, 0.4) is 0 Å². The van der Waals surface area contributed by atoms with E-state index < -0.39 is 23.5 Å². The molecule has 2 aromatic heterocycles. The fraction of sp³-hybridized carbons (Fsp3) is 0.167. The predicted octanol–water partition coefficient (Wildman–Crippen LogP) is 5.47. The first-order chi connectivity index (χ1) is 17.0. The molecule has 0 aliphatic rings. The Bertz CT molecular complexity index is 1430. The molecule has 8 nitrogen and oxygen atoms in total. The minimum Gasteiger partial charge on any atom is -0.373 e. The summed E-state index contributed by atoms with van der Waals surface area (Å²) >= 11 is 0. The van der Waals surface area contributed by atoms with Crippen LogP contribution < -0.4 is 16.0 Å². The second-order valence-corrected chi connectivity index (χ2v) is 7.90. The highest BCUT2D eigenvalue weighted by Gasteiger charge is 2.34. The summed E-state index contributed by atoms with van der Waals surface area (Å²) in [5.41, 5.74) is 0.634. The average Bonchev–Trinajstić information content (AvgIpc) is 3.21. The number of aryl methyl sites for hydroxylation is 2. The molecule has 3 N–H and O–H groups in total. The summed E-state index contributed by atoms with van der Waals surface area (Å²) < 4.78 is 54.2. The van der Waals surface area contributed by atoms with Gasteiger partial charge in [-0.1, -0.05) is 6.07 Å². The summed E-state index contributed by atoms with van der Waals surface area (Å²) in [6, 6.07) is 10.6. The van der Waals surface area contributed by atoms with Crippen LogP contribution in [0.1, 0.15) is 27.2 Å². The second-order valence-electron chi connectivity index (χ2n) is 7.90. The highest BCUT2D eigenvalue weighted by molar-refractivity contribution is 6.05. The Labute approximate surface area is 203 Å². The number of amides is 1. The van der Waals surface area contributed by atoms with Gasteiger partial charge in [0.2, 0.25) is 0 Å². The first-order valence-corrected chi connectivity index (χ1v) is 10.7. The van der Waals surface area contributed by atoms with Crippen LogP contribution in [0.5, 0.6) is 0 Å². The zero-order valence-electron chi connectivity index (χ0n) is 19.4. The molecule has 0 radical (unpaired) electrons. The van der Waals surface area contributed by atoms with Crippen LogP contribution in [0.2, 0.25) is 0 Å². The molecule has 0 spiro atoms. The van der Waals surface area contributed by atoms with Gasteiger partial charge in [-0.25, -0.2) is 14.4 Å². The third kappa shape index (κ3) is 5.27. The van der Waals surface area contributed by atoms with Crippen molar-refractivity contribution < 1.29 is 22.4 Å². The molecule has 0 aliphatic carbocycles. The lowest BCUT2D eigenvalue weighted by Gasteiger charge is -2.14. The summed E-state index contributed by atoms with van der Waals surface area (Å²) in [5.74, 6) is -0.393. The smallest absolute Gasteiger partial charge is 0.373 e. The van der Waals surface area contributed by atoms with Crippen molar-refractivity contribution >= 4 is 28.9 Å². The topological polar surface area (TPSA) is 96.8 Å². The van der Waals surface area contributed by atoms with Crippen molar-refractivity contribution in [3.8, 4) is 5.82 Å². The molecular weight excluding hydrogens is 478 g/mol. The van der Waals surface area contributed by atoms with Gasteiger partial charge in [0, 0.05) is 36.1 Å². The number of rotatable bonds is 6.